The molecule has 0 amide bonds. The summed E-state index contributed by atoms with van der Waals surface area (Å²) in [5, 5.41) is 3.28. The Kier molecular flexibility index (Phi) is 6.15. The molecule has 1 atom stereocenters. The summed E-state index contributed by atoms with van der Waals surface area (Å²) >= 11 is 0. The molecule has 21 heavy (non-hydrogen) atoms. The molecule has 0 spiro atoms. The van der Waals surface area contributed by atoms with E-state index in [2.05, 4.69) is 5.32 Å². The average Bonchev–Trinajstić information content (AvgIpc) is 2.35. The molecule has 0 fully saturated rings. The van der Waals surface area contributed by atoms with Crippen molar-refractivity contribution in [1.82, 2.24) is 5.32 Å². The number of carbonyl (C=O) groups is 1. The van der Waals surface area contributed by atoms with E-state index >= 15 is 0 Å². The summed E-state index contributed by atoms with van der Waals surface area (Å²) in [6, 6.07) is 4.43. The summed E-state index contributed by atoms with van der Waals surface area (Å²) in [6.07, 6.45) is -0.768. The second-order valence-corrected chi connectivity index (χ2v) is 5.91. The fourth-order valence-corrected chi connectivity index (χ4v) is 1.67. The predicted octanol–water partition coefficient (Wildman–Crippen LogP) is 3.04. The minimum absolute atomic E-state index is 0.0639. The summed E-state index contributed by atoms with van der Waals surface area (Å²) in [5.74, 6) is -0.536. The van der Waals surface area contributed by atoms with Gasteiger partial charge in [-0.15, -0.1) is 0 Å². The van der Waals surface area contributed by atoms with Crippen molar-refractivity contribution in [3.05, 3.63) is 29.6 Å². The van der Waals surface area contributed by atoms with Crippen LogP contribution in [0.2, 0.25) is 0 Å². The number of hydrogen-bond donors (Lipinski definition) is 1. The van der Waals surface area contributed by atoms with E-state index in [1.807, 2.05) is 20.8 Å². The first kappa shape index (κ1) is 17.4. The lowest BCUT2D eigenvalue weighted by Gasteiger charge is -2.21. The summed E-state index contributed by atoms with van der Waals surface area (Å²) in [7, 11) is 0. The highest BCUT2D eigenvalue weighted by Gasteiger charge is 2.16. The Bertz CT molecular complexity index is 483. The van der Waals surface area contributed by atoms with Gasteiger partial charge in [0.2, 0.25) is 0 Å². The van der Waals surface area contributed by atoms with Crippen molar-refractivity contribution in [3.8, 4) is 5.75 Å². The Morgan fingerprint density at radius 3 is 2.57 bits per heavy atom. The topological polar surface area (TPSA) is 47.6 Å². The molecular weight excluding hydrogens is 273 g/mol. The number of benzene rings is 1. The van der Waals surface area contributed by atoms with Gasteiger partial charge in [0.25, 0.3) is 0 Å². The van der Waals surface area contributed by atoms with E-state index in [1.54, 1.807) is 19.9 Å². The lowest BCUT2D eigenvalue weighted by Crippen LogP contribution is -2.35. The van der Waals surface area contributed by atoms with Gasteiger partial charge in [0.15, 0.2) is 6.10 Å². The van der Waals surface area contributed by atoms with Gasteiger partial charge in [-0.05, 0) is 52.3 Å². The maximum Gasteiger partial charge on any atom is 0.347 e. The second-order valence-electron chi connectivity index (χ2n) is 5.91. The van der Waals surface area contributed by atoms with E-state index in [-0.39, 0.29) is 12.1 Å². The van der Waals surface area contributed by atoms with Gasteiger partial charge in [0.1, 0.15) is 11.6 Å². The molecule has 1 rings (SSSR count). The molecule has 1 unspecified atom stereocenters. The van der Waals surface area contributed by atoms with Crippen LogP contribution in [-0.2, 0) is 16.1 Å². The molecule has 0 saturated carbocycles. The normalized spacial score (nSPS) is 12.9. The Morgan fingerprint density at radius 2 is 2.00 bits per heavy atom. The molecule has 0 heterocycles. The number of carbonyl (C=O) groups excluding carboxylic acids is 1. The van der Waals surface area contributed by atoms with E-state index < -0.39 is 17.9 Å². The van der Waals surface area contributed by atoms with E-state index in [1.165, 1.54) is 12.1 Å². The third-order valence-corrected chi connectivity index (χ3v) is 2.69. The molecule has 0 bridgehead atoms. The van der Waals surface area contributed by atoms with Crippen molar-refractivity contribution in [1.29, 1.82) is 0 Å². The van der Waals surface area contributed by atoms with Crippen LogP contribution < -0.4 is 10.1 Å². The van der Waals surface area contributed by atoms with Gasteiger partial charge in [0, 0.05) is 18.2 Å². The van der Waals surface area contributed by atoms with Crippen molar-refractivity contribution in [2.75, 3.05) is 6.61 Å². The van der Waals surface area contributed by atoms with Crippen LogP contribution in [0.25, 0.3) is 0 Å². The highest BCUT2D eigenvalue weighted by atomic mass is 19.1. The second kappa shape index (κ2) is 7.41. The lowest BCUT2D eigenvalue weighted by atomic mass is 10.1. The van der Waals surface area contributed by atoms with Crippen molar-refractivity contribution < 1.29 is 18.7 Å². The van der Waals surface area contributed by atoms with Crippen LogP contribution in [0.3, 0.4) is 0 Å². The quantitative estimate of drug-likeness (QED) is 0.820. The van der Waals surface area contributed by atoms with Crippen LogP contribution in [0.4, 0.5) is 4.39 Å². The van der Waals surface area contributed by atoms with Gasteiger partial charge in [0.05, 0.1) is 6.61 Å². The smallest absolute Gasteiger partial charge is 0.347 e. The SMILES string of the molecule is CCOC(=O)C(C)Oc1cc(F)cc(CNC(C)(C)C)c1. The number of hydrogen-bond acceptors (Lipinski definition) is 4. The van der Waals surface area contributed by atoms with Crippen molar-refractivity contribution >= 4 is 5.97 Å². The minimum Gasteiger partial charge on any atom is -0.479 e. The molecule has 0 aromatic heterocycles. The molecule has 4 nitrogen and oxygen atoms in total. The van der Waals surface area contributed by atoms with Gasteiger partial charge in [-0.2, -0.15) is 0 Å². The van der Waals surface area contributed by atoms with Gasteiger partial charge in [-0.25, -0.2) is 9.18 Å². The monoisotopic (exact) mass is 297 g/mol. The summed E-state index contributed by atoms with van der Waals surface area (Å²) in [6.45, 7) is 10.2. The van der Waals surface area contributed by atoms with E-state index in [0.29, 0.717) is 12.3 Å². The zero-order chi connectivity index (χ0) is 16.0. The molecule has 0 aliphatic rings. The third-order valence-electron chi connectivity index (χ3n) is 2.69. The zero-order valence-electron chi connectivity index (χ0n) is 13.3. The van der Waals surface area contributed by atoms with Gasteiger partial charge < -0.3 is 14.8 Å². The van der Waals surface area contributed by atoms with Crippen LogP contribution in [0.15, 0.2) is 18.2 Å². The molecule has 1 N–H and O–H groups in total. The largest absolute Gasteiger partial charge is 0.479 e. The van der Waals surface area contributed by atoms with Gasteiger partial charge >= 0.3 is 5.97 Å². The van der Waals surface area contributed by atoms with Crippen LogP contribution >= 0.6 is 0 Å². The van der Waals surface area contributed by atoms with E-state index in [9.17, 15) is 9.18 Å². The van der Waals surface area contributed by atoms with Crippen molar-refractivity contribution in [2.24, 2.45) is 0 Å². The fraction of sp³-hybridized carbons (Fsp3) is 0.562. The fourth-order valence-electron chi connectivity index (χ4n) is 1.67. The Hall–Kier alpha value is -1.62. The van der Waals surface area contributed by atoms with E-state index in [0.717, 1.165) is 5.56 Å². The molecule has 5 heteroatoms. The summed E-state index contributed by atoms with van der Waals surface area (Å²) in [4.78, 5) is 11.5. The van der Waals surface area contributed by atoms with Crippen LogP contribution in [0, 0.1) is 5.82 Å². The lowest BCUT2D eigenvalue weighted by molar-refractivity contribution is -0.150. The number of rotatable bonds is 6. The Morgan fingerprint density at radius 1 is 1.33 bits per heavy atom. The number of ether oxygens (including phenoxy) is 2. The first-order valence-corrected chi connectivity index (χ1v) is 7.09. The molecule has 0 aliphatic carbocycles. The first-order valence-electron chi connectivity index (χ1n) is 7.09. The van der Waals surface area contributed by atoms with Gasteiger partial charge in [-0.3, -0.25) is 0 Å². The third kappa shape index (κ3) is 6.58. The van der Waals surface area contributed by atoms with Crippen LogP contribution in [0.1, 0.15) is 40.2 Å². The molecule has 1 aromatic rings. The molecule has 0 saturated heterocycles. The van der Waals surface area contributed by atoms with Crippen LogP contribution in [0.5, 0.6) is 5.75 Å². The highest BCUT2D eigenvalue weighted by Crippen LogP contribution is 2.19. The van der Waals surface area contributed by atoms with Crippen molar-refractivity contribution in [3.63, 3.8) is 0 Å². The van der Waals surface area contributed by atoms with E-state index in [4.69, 9.17) is 9.47 Å². The average molecular weight is 297 g/mol. The van der Waals surface area contributed by atoms with Crippen LogP contribution in [-0.4, -0.2) is 24.2 Å². The summed E-state index contributed by atoms with van der Waals surface area (Å²) in [5.41, 5.74) is 0.696. The molecular formula is C16H24FNO3. The molecule has 0 radical (unpaired) electrons. The maximum absolute atomic E-state index is 13.6. The number of halogens is 1. The molecule has 118 valence electrons. The Labute approximate surface area is 125 Å². The summed E-state index contributed by atoms with van der Waals surface area (Å²) < 4.78 is 23.9. The molecule has 1 aromatic carbocycles. The standard InChI is InChI=1S/C16H24FNO3/c1-6-20-15(19)11(2)21-14-8-12(7-13(17)9-14)10-18-16(3,4)5/h7-9,11,18H,6,10H2,1-5H3. The molecule has 0 aliphatic heterocycles. The number of esters is 1. The van der Waals surface area contributed by atoms with Crippen molar-refractivity contribution in [2.45, 2.75) is 52.8 Å². The minimum atomic E-state index is -0.768. The number of nitrogens with one attached hydrogen (secondary N) is 1. The first-order chi connectivity index (χ1) is 9.71. The predicted molar refractivity (Wildman–Crippen MR) is 79.7 cm³/mol. The Balaban J connectivity index is 2.75. The zero-order valence-corrected chi connectivity index (χ0v) is 13.3. The maximum atomic E-state index is 13.6. The highest BCUT2D eigenvalue weighted by molar-refractivity contribution is 5.74. The van der Waals surface area contributed by atoms with Gasteiger partial charge in [-0.1, -0.05) is 0 Å².